The standard InChI is InChI=1S/C13H21FN2O2/c1-10-7-12(14)4-3-11(10)8-13(16-15)9-18-6-5-17-2/h3-4,7,13,16H,5-6,8-9,15H2,1-2H3. The lowest BCUT2D eigenvalue weighted by atomic mass is 10.0. The minimum absolute atomic E-state index is 0.00557. The molecule has 0 amide bonds. The molecule has 4 nitrogen and oxygen atoms in total. The second-order valence-electron chi connectivity index (χ2n) is 4.21. The van der Waals surface area contributed by atoms with Crippen LogP contribution < -0.4 is 11.3 Å². The van der Waals surface area contributed by atoms with Crippen molar-refractivity contribution in [2.24, 2.45) is 5.84 Å². The number of hydrazine groups is 1. The van der Waals surface area contributed by atoms with Crippen LogP contribution in [0.4, 0.5) is 4.39 Å². The van der Waals surface area contributed by atoms with E-state index in [2.05, 4.69) is 5.43 Å². The van der Waals surface area contributed by atoms with E-state index in [1.165, 1.54) is 12.1 Å². The minimum Gasteiger partial charge on any atom is -0.382 e. The van der Waals surface area contributed by atoms with Crippen LogP contribution in [-0.4, -0.2) is 33.0 Å². The van der Waals surface area contributed by atoms with Gasteiger partial charge in [-0.05, 0) is 36.6 Å². The maximum atomic E-state index is 13.0. The molecular weight excluding hydrogens is 235 g/mol. The molecule has 0 heterocycles. The SMILES string of the molecule is COCCOCC(Cc1ccc(F)cc1C)NN. The molecule has 3 N–H and O–H groups in total. The van der Waals surface area contributed by atoms with Gasteiger partial charge >= 0.3 is 0 Å². The van der Waals surface area contributed by atoms with Crippen molar-refractivity contribution in [3.63, 3.8) is 0 Å². The van der Waals surface area contributed by atoms with Crippen molar-refractivity contribution in [2.75, 3.05) is 26.9 Å². The molecule has 5 heteroatoms. The van der Waals surface area contributed by atoms with E-state index < -0.39 is 0 Å². The largest absolute Gasteiger partial charge is 0.382 e. The number of halogens is 1. The van der Waals surface area contributed by atoms with Gasteiger partial charge in [0.1, 0.15) is 5.82 Å². The van der Waals surface area contributed by atoms with Gasteiger partial charge in [0.15, 0.2) is 0 Å². The minimum atomic E-state index is -0.218. The van der Waals surface area contributed by atoms with Crippen LogP contribution in [0.3, 0.4) is 0 Å². The first-order chi connectivity index (χ1) is 8.67. The fourth-order valence-corrected chi connectivity index (χ4v) is 1.69. The second kappa shape index (κ2) is 8.16. The van der Waals surface area contributed by atoms with Crippen LogP contribution in [0.25, 0.3) is 0 Å². The maximum absolute atomic E-state index is 13.0. The Balaban J connectivity index is 2.46. The number of aryl methyl sites for hydroxylation is 1. The van der Waals surface area contributed by atoms with Crippen LogP contribution in [0.1, 0.15) is 11.1 Å². The van der Waals surface area contributed by atoms with Crippen molar-refractivity contribution >= 4 is 0 Å². The summed E-state index contributed by atoms with van der Waals surface area (Å²) in [6.07, 6.45) is 0.704. The third kappa shape index (κ3) is 5.10. The van der Waals surface area contributed by atoms with E-state index in [4.69, 9.17) is 15.3 Å². The summed E-state index contributed by atoms with van der Waals surface area (Å²) < 4.78 is 23.3. The molecule has 1 atom stereocenters. The normalized spacial score (nSPS) is 12.7. The molecule has 0 aromatic heterocycles. The number of methoxy groups -OCH3 is 1. The van der Waals surface area contributed by atoms with Crippen LogP contribution in [0.15, 0.2) is 18.2 Å². The molecule has 1 aromatic rings. The molecule has 0 saturated heterocycles. The summed E-state index contributed by atoms with van der Waals surface area (Å²) >= 11 is 0. The van der Waals surface area contributed by atoms with Crippen molar-refractivity contribution in [1.29, 1.82) is 0 Å². The summed E-state index contributed by atoms with van der Waals surface area (Å²) in [5, 5.41) is 0. The predicted molar refractivity (Wildman–Crippen MR) is 68.6 cm³/mol. The highest BCUT2D eigenvalue weighted by molar-refractivity contribution is 5.27. The number of rotatable bonds is 8. The van der Waals surface area contributed by atoms with Gasteiger partial charge in [-0.25, -0.2) is 4.39 Å². The zero-order valence-electron chi connectivity index (χ0n) is 10.9. The van der Waals surface area contributed by atoms with Gasteiger partial charge in [-0.3, -0.25) is 11.3 Å². The molecule has 18 heavy (non-hydrogen) atoms. The van der Waals surface area contributed by atoms with Crippen molar-refractivity contribution < 1.29 is 13.9 Å². The average molecular weight is 256 g/mol. The molecule has 1 rings (SSSR count). The lowest BCUT2D eigenvalue weighted by Gasteiger charge is -2.17. The van der Waals surface area contributed by atoms with Gasteiger partial charge in [0.2, 0.25) is 0 Å². The topological polar surface area (TPSA) is 56.5 Å². The number of nitrogens with two attached hydrogens (primary N) is 1. The summed E-state index contributed by atoms with van der Waals surface area (Å²) in [4.78, 5) is 0. The first-order valence-electron chi connectivity index (χ1n) is 5.95. The quantitative estimate of drug-likeness (QED) is 0.416. The number of nitrogens with one attached hydrogen (secondary N) is 1. The molecule has 102 valence electrons. The summed E-state index contributed by atoms with van der Waals surface area (Å²) in [5.74, 6) is 5.26. The summed E-state index contributed by atoms with van der Waals surface area (Å²) in [5.41, 5.74) is 4.70. The van der Waals surface area contributed by atoms with Gasteiger partial charge in [0, 0.05) is 13.2 Å². The fraction of sp³-hybridized carbons (Fsp3) is 0.538. The highest BCUT2D eigenvalue weighted by atomic mass is 19.1. The van der Waals surface area contributed by atoms with Gasteiger partial charge in [0.25, 0.3) is 0 Å². The Morgan fingerprint density at radius 3 is 2.78 bits per heavy atom. The van der Waals surface area contributed by atoms with Crippen molar-refractivity contribution in [1.82, 2.24) is 5.43 Å². The monoisotopic (exact) mass is 256 g/mol. The maximum Gasteiger partial charge on any atom is 0.123 e. The van der Waals surface area contributed by atoms with Gasteiger partial charge in [-0.15, -0.1) is 0 Å². The Kier molecular flexibility index (Phi) is 6.82. The van der Waals surface area contributed by atoms with Gasteiger partial charge in [0.05, 0.1) is 19.8 Å². The molecule has 1 aromatic carbocycles. The number of hydrogen-bond donors (Lipinski definition) is 2. The number of benzene rings is 1. The Morgan fingerprint density at radius 1 is 1.39 bits per heavy atom. The van der Waals surface area contributed by atoms with Crippen molar-refractivity contribution in [3.8, 4) is 0 Å². The van der Waals surface area contributed by atoms with Crippen molar-refractivity contribution in [2.45, 2.75) is 19.4 Å². The van der Waals surface area contributed by atoms with Crippen LogP contribution in [0, 0.1) is 12.7 Å². The van der Waals surface area contributed by atoms with Gasteiger partial charge < -0.3 is 9.47 Å². The highest BCUT2D eigenvalue weighted by Crippen LogP contribution is 2.12. The van der Waals surface area contributed by atoms with E-state index in [1.54, 1.807) is 13.2 Å². The molecular formula is C13H21FN2O2. The van der Waals surface area contributed by atoms with Crippen molar-refractivity contribution in [3.05, 3.63) is 35.1 Å². The first kappa shape index (κ1) is 15.0. The zero-order chi connectivity index (χ0) is 13.4. The molecule has 0 aliphatic carbocycles. The van der Waals surface area contributed by atoms with Crippen LogP contribution in [-0.2, 0) is 15.9 Å². The molecule has 0 saturated carbocycles. The van der Waals surface area contributed by atoms with E-state index >= 15 is 0 Å². The van der Waals surface area contributed by atoms with E-state index in [0.29, 0.717) is 26.2 Å². The molecule has 0 spiro atoms. The van der Waals surface area contributed by atoms with Crippen LogP contribution >= 0.6 is 0 Å². The van der Waals surface area contributed by atoms with Crippen LogP contribution in [0.2, 0.25) is 0 Å². The lowest BCUT2D eigenvalue weighted by molar-refractivity contribution is 0.0587. The second-order valence-corrected chi connectivity index (χ2v) is 4.21. The fourth-order valence-electron chi connectivity index (χ4n) is 1.69. The molecule has 0 radical (unpaired) electrons. The Morgan fingerprint density at radius 2 is 2.17 bits per heavy atom. The molecule has 1 unspecified atom stereocenters. The van der Waals surface area contributed by atoms with Gasteiger partial charge in [-0.2, -0.15) is 0 Å². The lowest BCUT2D eigenvalue weighted by Crippen LogP contribution is -2.40. The van der Waals surface area contributed by atoms with Crippen LogP contribution in [0.5, 0.6) is 0 Å². The third-order valence-electron chi connectivity index (χ3n) is 2.76. The Hall–Kier alpha value is -1.01. The van der Waals surface area contributed by atoms with Gasteiger partial charge in [-0.1, -0.05) is 6.07 Å². The van der Waals surface area contributed by atoms with E-state index in [1.807, 2.05) is 6.92 Å². The third-order valence-corrected chi connectivity index (χ3v) is 2.76. The summed E-state index contributed by atoms with van der Waals surface area (Å²) in [6.45, 7) is 3.48. The first-order valence-corrected chi connectivity index (χ1v) is 5.95. The summed E-state index contributed by atoms with van der Waals surface area (Å²) in [6, 6.07) is 4.77. The van der Waals surface area contributed by atoms with E-state index in [9.17, 15) is 4.39 Å². The number of ether oxygens (including phenoxy) is 2. The number of hydrogen-bond acceptors (Lipinski definition) is 4. The Labute approximate surface area is 107 Å². The Bertz CT molecular complexity index is 361. The average Bonchev–Trinajstić information content (AvgIpc) is 2.35. The molecule has 0 aliphatic rings. The van der Waals surface area contributed by atoms with E-state index in [0.717, 1.165) is 11.1 Å². The molecule has 0 fully saturated rings. The molecule has 0 bridgehead atoms. The highest BCUT2D eigenvalue weighted by Gasteiger charge is 2.10. The van der Waals surface area contributed by atoms with E-state index in [-0.39, 0.29) is 11.9 Å². The molecule has 0 aliphatic heterocycles. The smallest absolute Gasteiger partial charge is 0.123 e. The predicted octanol–water partition coefficient (Wildman–Crippen LogP) is 1.17. The zero-order valence-corrected chi connectivity index (χ0v) is 10.9. The summed E-state index contributed by atoms with van der Waals surface area (Å²) in [7, 11) is 1.63.